The van der Waals surface area contributed by atoms with Crippen LogP contribution in [0.4, 0.5) is 0 Å². The Labute approximate surface area is 142 Å². The van der Waals surface area contributed by atoms with Crippen LogP contribution in [0, 0.1) is 5.41 Å². The van der Waals surface area contributed by atoms with Gasteiger partial charge in [-0.2, -0.15) is 0 Å². The van der Waals surface area contributed by atoms with E-state index in [-0.39, 0.29) is 22.8 Å². The summed E-state index contributed by atoms with van der Waals surface area (Å²) in [4.78, 5) is 16.4. The van der Waals surface area contributed by atoms with Crippen LogP contribution in [-0.2, 0) is 21.1 Å². The van der Waals surface area contributed by atoms with Gasteiger partial charge < -0.3 is 4.90 Å². The molecule has 2 heterocycles. The predicted octanol–water partition coefficient (Wildman–Crippen LogP) is 2.89. The van der Waals surface area contributed by atoms with Crippen molar-refractivity contribution in [2.45, 2.75) is 44.9 Å². The summed E-state index contributed by atoms with van der Waals surface area (Å²) in [5, 5.41) is 2.06. The van der Waals surface area contributed by atoms with E-state index in [9.17, 15) is 13.2 Å². The molecule has 0 N–H and O–H groups in total. The molecule has 23 heavy (non-hydrogen) atoms. The molecule has 4 nitrogen and oxygen atoms in total. The molecule has 1 aromatic rings. The van der Waals surface area contributed by atoms with E-state index in [4.69, 9.17) is 0 Å². The van der Waals surface area contributed by atoms with Crippen molar-refractivity contribution in [3.8, 4) is 0 Å². The molecule has 3 rings (SSSR count). The number of sulfone groups is 1. The first kappa shape index (κ1) is 17.0. The lowest BCUT2D eigenvalue weighted by Crippen LogP contribution is -2.47. The largest absolute Gasteiger partial charge is 0.341 e. The first-order chi connectivity index (χ1) is 11.0. The zero-order valence-electron chi connectivity index (χ0n) is 13.5. The van der Waals surface area contributed by atoms with E-state index in [0.717, 1.165) is 32.1 Å². The van der Waals surface area contributed by atoms with Gasteiger partial charge in [0.1, 0.15) is 0 Å². The standard InChI is InChI=1S/C17H25NO3S2/c19-16(18-9-5-12-23(20,21)13-10-18)17(7-2-1-3-8-17)14-15-6-4-11-22-15/h4,6,11H,1-3,5,7-10,12-14H2. The lowest BCUT2D eigenvalue weighted by atomic mass is 9.70. The SMILES string of the molecule is O=C(N1CCCS(=O)(=O)CC1)C1(Cc2cccs2)CCCCC1. The van der Waals surface area contributed by atoms with Gasteiger partial charge in [0.25, 0.3) is 0 Å². The van der Waals surface area contributed by atoms with E-state index in [2.05, 4.69) is 11.4 Å². The molecule has 0 aromatic carbocycles. The van der Waals surface area contributed by atoms with Crippen molar-refractivity contribution in [3.63, 3.8) is 0 Å². The van der Waals surface area contributed by atoms with Gasteiger partial charge in [-0.05, 0) is 37.1 Å². The molecule has 1 saturated heterocycles. The molecular formula is C17H25NO3S2. The second kappa shape index (κ2) is 6.93. The second-order valence-electron chi connectivity index (χ2n) is 6.89. The Morgan fingerprint density at radius 3 is 2.61 bits per heavy atom. The minimum absolute atomic E-state index is 0.119. The molecule has 2 aliphatic rings. The molecule has 2 fully saturated rings. The number of nitrogens with zero attached hydrogens (tertiary/aromatic N) is 1. The molecule has 128 valence electrons. The summed E-state index contributed by atoms with van der Waals surface area (Å²) in [6.45, 7) is 0.956. The molecular weight excluding hydrogens is 330 g/mol. The van der Waals surface area contributed by atoms with Crippen molar-refractivity contribution in [1.82, 2.24) is 4.90 Å². The third-order valence-electron chi connectivity index (χ3n) is 5.20. The van der Waals surface area contributed by atoms with Gasteiger partial charge in [-0.25, -0.2) is 8.42 Å². The second-order valence-corrected chi connectivity index (χ2v) is 10.2. The molecule has 0 bridgehead atoms. The smallest absolute Gasteiger partial charge is 0.229 e. The van der Waals surface area contributed by atoms with Crippen molar-refractivity contribution in [2.75, 3.05) is 24.6 Å². The van der Waals surface area contributed by atoms with Crippen molar-refractivity contribution in [1.29, 1.82) is 0 Å². The zero-order chi connectivity index (χ0) is 16.3. The first-order valence-electron chi connectivity index (χ1n) is 8.53. The molecule has 0 radical (unpaired) electrons. The monoisotopic (exact) mass is 355 g/mol. The van der Waals surface area contributed by atoms with Crippen LogP contribution in [0.1, 0.15) is 43.4 Å². The highest BCUT2D eigenvalue weighted by Gasteiger charge is 2.42. The third kappa shape index (κ3) is 3.97. The average molecular weight is 356 g/mol. The van der Waals surface area contributed by atoms with Crippen LogP contribution in [0.3, 0.4) is 0 Å². The Bertz CT molecular complexity index is 631. The maximum absolute atomic E-state index is 13.3. The Morgan fingerprint density at radius 2 is 1.91 bits per heavy atom. The average Bonchev–Trinajstić information content (AvgIpc) is 2.96. The number of thiophene rings is 1. The summed E-state index contributed by atoms with van der Waals surface area (Å²) in [7, 11) is -2.98. The van der Waals surface area contributed by atoms with Crippen LogP contribution >= 0.6 is 11.3 Å². The fraction of sp³-hybridized carbons (Fsp3) is 0.706. The van der Waals surface area contributed by atoms with Gasteiger partial charge in [-0.1, -0.05) is 25.3 Å². The van der Waals surface area contributed by atoms with E-state index < -0.39 is 9.84 Å². The fourth-order valence-corrected chi connectivity index (χ4v) is 6.04. The summed E-state index contributed by atoms with van der Waals surface area (Å²) in [5.74, 6) is 0.533. The topological polar surface area (TPSA) is 54.5 Å². The minimum Gasteiger partial charge on any atom is -0.341 e. The number of carbonyl (C=O) groups excluding carboxylic acids is 1. The third-order valence-corrected chi connectivity index (χ3v) is 7.79. The molecule has 1 aliphatic carbocycles. The number of rotatable bonds is 3. The molecule has 1 amide bonds. The van der Waals surface area contributed by atoms with E-state index in [1.807, 2.05) is 11.0 Å². The Hall–Kier alpha value is -0.880. The van der Waals surface area contributed by atoms with Crippen molar-refractivity contribution < 1.29 is 13.2 Å². The summed E-state index contributed by atoms with van der Waals surface area (Å²) in [6, 6.07) is 4.15. The summed E-state index contributed by atoms with van der Waals surface area (Å²) in [5.41, 5.74) is -0.308. The van der Waals surface area contributed by atoms with Crippen molar-refractivity contribution in [3.05, 3.63) is 22.4 Å². The van der Waals surface area contributed by atoms with Gasteiger partial charge in [0.05, 0.1) is 16.9 Å². The number of amides is 1. The molecule has 6 heteroatoms. The van der Waals surface area contributed by atoms with Crippen LogP contribution in [0.15, 0.2) is 17.5 Å². The summed E-state index contributed by atoms with van der Waals surface area (Å²) >= 11 is 1.72. The number of hydrogen-bond donors (Lipinski definition) is 0. The maximum Gasteiger partial charge on any atom is 0.229 e. The lowest BCUT2D eigenvalue weighted by Gasteiger charge is -2.39. The van der Waals surface area contributed by atoms with Crippen LogP contribution in [0.5, 0.6) is 0 Å². The van der Waals surface area contributed by atoms with Crippen molar-refractivity contribution >= 4 is 27.1 Å². The molecule has 1 aliphatic heterocycles. The first-order valence-corrected chi connectivity index (χ1v) is 11.2. The van der Waals surface area contributed by atoms with Gasteiger partial charge in [-0.15, -0.1) is 11.3 Å². The summed E-state index contributed by atoms with van der Waals surface area (Å²) < 4.78 is 23.6. The van der Waals surface area contributed by atoms with Gasteiger partial charge in [0.2, 0.25) is 5.91 Å². The minimum atomic E-state index is -2.98. The Balaban J connectivity index is 1.80. The quantitative estimate of drug-likeness (QED) is 0.838. The van der Waals surface area contributed by atoms with E-state index in [1.165, 1.54) is 11.3 Å². The van der Waals surface area contributed by atoms with Crippen molar-refractivity contribution in [2.24, 2.45) is 5.41 Å². The van der Waals surface area contributed by atoms with Gasteiger partial charge in [0.15, 0.2) is 9.84 Å². The summed E-state index contributed by atoms with van der Waals surface area (Å²) in [6.07, 6.45) is 6.66. The highest BCUT2D eigenvalue weighted by Crippen LogP contribution is 2.41. The highest BCUT2D eigenvalue weighted by atomic mass is 32.2. The van der Waals surface area contributed by atoms with Crippen LogP contribution < -0.4 is 0 Å². The maximum atomic E-state index is 13.3. The Morgan fingerprint density at radius 1 is 1.13 bits per heavy atom. The fourth-order valence-electron chi connectivity index (χ4n) is 3.92. The van der Waals surface area contributed by atoms with Gasteiger partial charge >= 0.3 is 0 Å². The zero-order valence-corrected chi connectivity index (χ0v) is 15.1. The predicted molar refractivity (Wildman–Crippen MR) is 93.4 cm³/mol. The van der Waals surface area contributed by atoms with Gasteiger partial charge in [-0.3, -0.25) is 4.79 Å². The number of hydrogen-bond acceptors (Lipinski definition) is 4. The van der Waals surface area contributed by atoms with E-state index >= 15 is 0 Å². The normalized spacial score (nSPS) is 24.1. The number of carbonyl (C=O) groups is 1. The molecule has 1 saturated carbocycles. The Kier molecular flexibility index (Phi) is 5.11. The van der Waals surface area contributed by atoms with E-state index in [1.54, 1.807) is 11.3 Å². The highest BCUT2D eigenvalue weighted by molar-refractivity contribution is 7.91. The lowest BCUT2D eigenvalue weighted by molar-refractivity contribution is -0.144. The molecule has 0 spiro atoms. The van der Waals surface area contributed by atoms with E-state index in [0.29, 0.717) is 19.5 Å². The van der Waals surface area contributed by atoms with Crippen LogP contribution in [0.25, 0.3) is 0 Å². The van der Waals surface area contributed by atoms with Crippen LogP contribution in [-0.4, -0.2) is 43.8 Å². The van der Waals surface area contributed by atoms with Gasteiger partial charge in [0, 0.05) is 18.0 Å². The molecule has 1 aromatic heterocycles. The molecule has 0 atom stereocenters. The van der Waals surface area contributed by atoms with Crippen LogP contribution in [0.2, 0.25) is 0 Å². The molecule has 0 unspecified atom stereocenters.